The molecule has 1 aromatic rings. The number of carbonyl (C=O) groups is 1. The van der Waals surface area contributed by atoms with E-state index in [1.54, 1.807) is 13.1 Å². The number of halogens is 4. The van der Waals surface area contributed by atoms with Gasteiger partial charge in [-0.3, -0.25) is 9.79 Å². The van der Waals surface area contributed by atoms with Gasteiger partial charge in [-0.2, -0.15) is 13.2 Å². The van der Waals surface area contributed by atoms with Crippen LogP contribution in [0.4, 0.5) is 13.2 Å². The summed E-state index contributed by atoms with van der Waals surface area (Å²) >= 11 is 0. The number of alkyl halides is 3. The third kappa shape index (κ3) is 8.72. The van der Waals surface area contributed by atoms with Crippen molar-refractivity contribution >= 4 is 35.8 Å². The predicted molar refractivity (Wildman–Crippen MR) is 108 cm³/mol. The summed E-state index contributed by atoms with van der Waals surface area (Å²) in [7, 11) is 1.56. The van der Waals surface area contributed by atoms with Gasteiger partial charge in [-0.05, 0) is 17.7 Å². The van der Waals surface area contributed by atoms with E-state index in [0.29, 0.717) is 24.6 Å². The van der Waals surface area contributed by atoms with Gasteiger partial charge >= 0.3 is 6.18 Å². The van der Waals surface area contributed by atoms with Crippen molar-refractivity contribution in [2.45, 2.75) is 33.5 Å². The van der Waals surface area contributed by atoms with Gasteiger partial charge in [0, 0.05) is 32.1 Å². The standard InChI is InChI=1S/C17H25F3N4O.HI/c1-16(2,3)14(25)22-8-9-23-15(21-4)24-11-12-6-5-7-13(10-12)17(18,19)20;/h5-7,10H,8-9,11H2,1-4H3,(H,22,25)(H2,21,23,24);1H. The van der Waals surface area contributed by atoms with Crippen LogP contribution in [0.3, 0.4) is 0 Å². The zero-order valence-corrected chi connectivity index (χ0v) is 17.7. The van der Waals surface area contributed by atoms with Gasteiger partial charge in [0.1, 0.15) is 0 Å². The van der Waals surface area contributed by atoms with Crippen LogP contribution in [0.25, 0.3) is 0 Å². The molecule has 0 aliphatic carbocycles. The third-order valence-electron chi connectivity index (χ3n) is 3.32. The predicted octanol–water partition coefficient (Wildman–Crippen LogP) is 3.15. The molecule has 9 heteroatoms. The van der Waals surface area contributed by atoms with Crippen LogP contribution in [0.1, 0.15) is 31.9 Å². The molecule has 5 nitrogen and oxygen atoms in total. The highest BCUT2D eigenvalue weighted by Gasteiger charge is 2.30. The summed E-state index contributed by atoms with van der Waals surface area (Å²) in [4.78, 5) is 15.7. The van der Waals surface area contributed by atoms with Gasteiger partial charge in [-0.1, -0.05) is 32.9 Å². The molecule has 0 heterocycles. The number of nitrogens with one attached hydrogen (secondary N) is 3. The Hall–Kier alpha value is -1.52. The van der Waals surface area contributed by atoms with Crippen molar-refractivity contribution in [1.29, 1.82) is 0 Å². The molecule has 26 heavy (non-hydrogen) atoms. The Morgan fingerprint density at radius 3 is 2.23 bits per heavy atom. The number of carbonyl (C=O) groups excluding carboxylic acids is 1. The molecule has 0 unspecified atom stereocenters. The number of guanidine groups is 1. The van der Waals surface area contributed by atoms with Crippen LogP contribution in [-0.2, 0) is 17.5 Å². The summed E-state index contributed by atoms with van der Waals surface area (Å²) in [5, 5.41) is 8.73. The third-order valence-corrected chi connectivity index (χ3v) is 3.32. The van der Waals surface area contributed by atoms with Crippen molar-refractivity contribution in [1.82, 2.24) is 16.0 Å². The van der Waals surface area contributed by atoms with E-state index in [1.165, 1.54) is 6.07 Å². The SMILES string of the molecule is CN=C(NCCNC(=O)C(C)(C)C)NCc1cccc(C(F)(F)F)c1.I. The molecular formula is C17H26F3IN4O. The van der Waals surface area contributed by atoms with Crippen LogP contribution in [-0.4, -0.2) is 32.0 Å². The van der Waals surface area contributed by atoms with Crippen LogP contribution < -0.4 is 16.0 Å². The topological polar surface area (TPSA) is 65.5 Å². The maximum atomic E-state index is 12.7. The van der Waals surface area contributed by atoms with Crippen molar-refractivity contribution in [3.8, 4) is 0 Å². The zero-order chi connectivity index (χ0) is 19.1. The van der Waals surface area contributed by atoms with Gasteiger partial charge in [-0.25, -0.2) is 0 Å². The molecule has 0 radical (unpaired) electrons. The van der Waals surface area contributed by atoms with E-state index in [9.17, 15) is 18.0 Å². The number of aliphatic imine (C=N–C) groups is 1. The molecule has 0 bridgehead atoms. The van der Waals surface area contributed by atoms with Gasteiger partial charge in [0.25, 0.3) is 0 Å². The molecule has 0 aliphatic rings. The lowest BCUT2D eigenvalue weighted by Gasteiger charge is -2.18. The summed E-state index contributed by atoms with van der Waals surface area (Å²) in [6, 6.07) is 5.12. The molecule has 0 fully saturated rings. The van der Waals surface area contributed by atoms with E-state index in [-0.39, 0.29) is 36.4 Å². The Balaban J connectivity index is 0.00000625. The summed E-state index contributed by atoms with van der Waals surface area (Å²) in [6.45, 7) is 6.55. The fourth-order valence-electron chi connectivity index (χ4n) is 1.89. The summed E-state index contributed by atoms with van der Waals surface area (Å²) in [5.74, 6) is 0.392. The summed E-state index contributed by atoms with van der Waals surface area (Å²) in [5.41, 5.74) is -0.637. The monoisotopic (exact) mass is 486 g/mol. The van der Waals surface area contributed by atoms with E-state index in [0.717, 1.165) is 12.1 Å². The van der Waals surface area contributed by atoms with E-state index < -0.39 is 17.2 Å². The second-order valence-corrected chi connectivity index (χ2v) is 6.56. The molecule has 3 N–H and O–H groups in total. The lowest BCUT2D eigenvalue weighted by Crippen LogP contribution is -2.43. The minimum atomic E-state index is -4.36. The fraction of sp³-hybridized carbons (Fsp3) is 0.529. The first-order valence-electron chi connectivity index (χ1n) is 7.93. The number of hydrogen-bond acceptors (Lipinski definition) is 2. The number of rotatable bonds is 5. The van der Waals surface area contributed by atoms with Gasteiger partial charge in [0.2, 0.25) is 5.91 Å². The molecule has 1 amide bonds. The maximum Gasteiger partial charge on any atom is 0.416 e. The first kappa shape index (κ1) is 24.5. The normalized spacial score (nSPS) is 12.2. The molecule has 0 spiro atoms. The van der Waals surface area contributed by atoms with Crippen LogP contribution in [0.15, 0.2) is 29.3 Å². The van der Waals surface area contributed by atoms with E-state index in [4.69, 9.17) is 0 Å². The van der Waals surface area contributed by atoms with Crippen molar-refractivity contribution < 1.29 is 18.0 Å². The van der Waals surface area contributed by atoms with Crippen LogP contribution >= 0.6 is 24.0 Å². The second-order valence-electron chi connectivity index (χ2n) is 6.56. The van der Waals surface area contributed by atoms with Gasteiger partial charge in [-0.15, -0.1) is 24.0 Å². The smallest absolute Gasteiger partial charge is 0.355 e. The van der Waals surface area contributed by atoms with Crippen LogP contribution in [0, 0.1) is 5.41 Å². The fourth-order valence-corrected chi connectivity index (χ4v) is 1.89. The molecule has 1 aromatic carbocycles. The highest BCUT2D eigenvalue weighted by atomic mass is 127. The van der Waals surface area contributed by atoms with Gasteiger partial charge in [0.05, 0.1) is 5.56 Å². The molecular weight excluding hydrogens is 460 g/mol. The molecule has 0 aromatic heterocycles. The molecule has 148 valence electrons. The maximum absolute atomic E-state index is 12.7. The van der Waals surface area contributed by atoms with E-state index in [2.05, 4.69) is 20.9 Å². The zero-order valence-electron chi connectivity index (χ0n) is 15.3. The number of hydrogen-bond donors (Lipinski definition) is 3. The summed E-state index contributed by atoms with van der Waals surface area (Å²) < 4.78 is 38.1. The first-order chi connectivity index (χ1) is 11.5. The van der Waals surface area contributed by atoms with Crippen LogP contribution in [0.2, 0.25) is 0 Å². The van der Waals surface area contributed by atoms with Gasteiger partial charge in [0.15, 0.2) is 5.96 Å². The van der Waals surface area contributed by atoms with Crippen molar-refractivity contribution in [3.05, 3.63) is 35.4 Å². The van der Waals surface area contributed by atoms with E-state index >= 15 is 0 Å². The Morgan fingerprint density at radius 2 is 1.69 bits per heavy atom. The molecule has 1 rings (SSSR count). The Labute approximate surface area is 169 Å². The molecule has 0 atom stereocenters. The molecule has 0 aliphatic heterocycles. The largest absolute Gasteiger partial charge is 0.416 e. The van der Waals surface area contributed by atoms with Gasteiger partial charge < -0.3 is 16.0 Å². The molecule has 0 saturated carbocycles. The van der Waals surface area contributed by atoms with E-state index in [1.807, 2.05) is 20.8 Å². The quantitative estimate of drug-likeness (QED) is 0.260. The highest BCUT2D eigenvalue weighted by molar-refractivity contribution is 14.0. The number of nitrogens with zero attached hydrogens (tertiary/aromatic N) is 1. The average Bonchev–Trinajstić information content (AvgIpc) is 2.52. The highest BCUT2D eigenvalue weighted by Crippen LogP contribution is 2.29. The second kappa shape index (κ2) is 10.6. The average molecular weight is 486 g/mol. The first-order valence-corrected chi connectivity index (χ1v) is 7.93. The van der Waals surface area contributed by atoms with Crippen molar-refractivity contribution in [3.63, 3.8) is 0 Å². The molecule has 0 saturated heterocycles. The lowest BCUT2D eigenvalue weighted by molar-refractivity contribution is -0.137. The Morgan fingerprint density at radius 1 is 1.08 bits per heavy atom. The van der Waals surface area contributed by atoms with Crippen molar-refractivity contribution in [2.24, 2.45) is 10.4 Å². The number of benzene rings is 1. The summed E-state index contributed by atoms with van der Waals surface area (Å²) in [6.07, 6.45) is -4.36. The van der Waals surface area contributed by atoms with Crippen molar-refractivity contribution in [2.75, 3.05) is 20.1 Å². The minimum Gasteiger partial charge on any atom is -0.355 e. The minimum absolute atomic E-state index is 0. The number of amides is 1. The van der Waals surface area contributed by atoms with Crippen LogP contribution in [0.5, 0.6) is 0 Å². The Bertz CT molecular complexity index is 613. The lowest BCUT2D eigenvalue weighted by atomic mass is 9.96. The Kier molecular flexibility index (Phi) is 9.97.